The SMILES string of the molecule is CCOC(=O)C(C)(C(=O)OC)C(N)Cc1cccs1. The van der Waals surface area contributed by atoms with E-state index in [2.05, 4.69) is 0 Å². The van der Waals surface area contributed by atoms with Crippen molar-refractivity contribution in [3.8, 4) is 0 Å². The maximum Gasteiger partial charge on any atom is 0.324 e. The Balaban J connectivity index is 2.95. The summed E-state index contributed by atoms with van der Waals surface area (Å²) in [5, 5.41) is 1.92. The number of ether oxygens (including phenoxy) is 2. The lowest BCUT2D eigenvalue weighted by Gasteiger charge is -2.30. The van der Waals surface area contributed by atoms with E-state index in [0.29, 0.717) is 6.42 Å². The van der Waals surface area contributed by atoms with E-state index in [1.165, 1.54) is 25.4 Å². The molecule has 2 unspecified atom stereocenters. The van der Waals surface area contributed by atoms with Gasteiger partial charge in [0.2, 0.25) is 0 Å². The zero-order valence-corrected chi connectivity index (χ0v) is 12.2. The lowest BCUT2D eigenvalue weighted by molar-refractivity contribution is -0.170. The molecule has 6 heteroatoms. The summed E-state index contributed by atoms with van der Waals surface area (Å²) in [6.45, 7) is 3.34. The summed E-state index contributed by atoms with van der Waals surface area (Å²) in [7, 11) is 1.23. The lowest BCUT2D eigenvalue weighted by atomic mass is 9.80. The third-order valence-electron chi connectivity index (χ3n) is 3.05. The third-order valence-corrected chi connectivity index (χ3v) is 3.95. The Morgan fingerprint density at radius 1 is 1.47 bits per heavy atom. The maximum atomic E-state index is 12.0. The predicted octanol–water partition coefficient (Wildman–Crippen LogP) is 1.36. The van der Waals surface area contributed by atoms with Crippen LogP contribution < -0.4 is 5.73 Å². The number of esters is 2. The van der Waals surface area contributed by atoms with E-state index in [9.17, 15) is 9.59 Å². The molecule has 1 rings (SSSR count). The van der Waals surface area contributed by atoms with Gasteiger partial charge in [0.25, 0.3) is 0 Å². The van der Waals surface area contributed by atoms with Crippen molar-refractivity contribution in [3.05, 3.63) is 22.4 Å². The molecule has 1 heterocycles. The molecule has 0 saturated carbocycles. The highest BCUT2D eigenvalue weighted by Gasteiger charge is 2.49. The Kier molecular flexibility index (Phi) is 5.50. The van der Waals surface area contributed by atoms with Gasteiger partial charge in [-0.25, -0.2) is 0 Å². The van der Waals surface area contributed by atoms with Crippen molar-refractivity contribution in [2.45, 2.75) is 26.3 Å². The van der Waals surface area contributed by atoms with E-state index in [0.717, 1.165) is 4.88 Å². The normalized spacial score (nSPS) is 15.4. The van der Waals surface area contributed by atoms with Crippen molar-refractivity contribution in [2.24, 2.45) is 11.1 Å². The van der Waals surface area contributed by atoms with Gasteiger partial charge in [-0.3, -0.25) is 9.59 Å². The largest absolute Gasteiger partial charge is 0.468 e. The molecule has 0 aliphatic rings. The molecule has 19 heavy (non-hydrogen) atoms. The first-order chi connectivity index (χ1) is 8.96. The smallest absolute Gasteiger partial charge is 0.324 e. The standard InChI is InChI=1S/C13H19NO4S/c1-4-18-12(16)13(2,11(15)17-3)10(14)8-9-6-5-7-19-9/h5-7,10H,4,8,14H2,1-3H3. The molecule has 2 atom stereocenters. The predicted molar refractivity (Wildman–Crippen MR) is 72.8 cm³/mol. The van der Waals surface area contributed by atoms with Crippen molar-refractivity contribution in [1.29, 1.82) is 0 Å². The van der Waals surface area contributed by atoms with E-state index in [-0.39, 0.29) is 6.61 Å². The van der Waals surface area contributed by atoms with Gasteiger partial charge < -0.3 is 15.2 Å². The number of rotatable bonds is 6. The van der Waals surface area contributed by atoms with E-state index < -0.39 is 23.4 Å². The van der Waals surface area contributed by atoms with E-state index >= 15 is 0 Å². The molecule has 0 amide bonds. The monoisotopic (exact) mass is 285 g/mol. The van der Waals surface area contributed by atoms with Crippen molar-refractivity contribution in [1.82, 2.24) is 0 Å². The highest BCUT2D eigenvalue weighted by molar-refractivity contribution is 7.09. The van der Waals surface area contributed by atoms with Crippen molar-refractivity contribution in [2.75, 3.05) is 13.7 Å². The number of carbonyl (C=O) groups is 2. The van der Waals surface area contributed by atoms with Crippen LogP contribution in [0.2, 0.25) is 0 Å². The molecule has 0 radical (unpaired) electrons. The Labute approximate surface area is 116 Å². The van der Waals surface area contributed by atoms with Crippen LogP contribution in [0.15, 0.2) is 17.5 Å². The Bertz CT molecular complexity index is 432. The van der Waals surface area contributed by atoms with Crippen LogP contribution in [0.4, 0.5) is 0 Å². The fraction of sp³-hybridized carbons (Fsp3) is 0.538. The molecule has 0 fully saturated rings. The number of hydrogen-bond donors (Lipinski definition) is 1. The topological polar surface area (TPSA) is 78.6 Å². The van der Waals surface area contributed by atoms with E-state index in [1.54, 1.807) is 6.92 Å². The van der Waals surface area contributed by atoms with Crippen LogP contribution in [0.1, 0.15) is 18.7 Å². The summed E-state index contributed by atoms with van der Waals surface area (Å²) in [6.07, 6.45) is 0.419. The summed E-state index contributed by atoms with van der Waals surface area (Å²) in [4.78, 5) is 25.0. The lowest BCUT2D eigenvalue weighted by Crippen LogP contribution is -2.53. The van der Waals surface area contributed by atoms with E-state index in [1.807, 2.05) is 17.5 Å². The highest BCUT2D eigenvalue weighted by atomic mass is 32.1. The molecule has 0 saturated heterocycles. The second kappa shape index (κ2) is 6.68. The van der Waals surface area contributed by atoms with Gasteiger partial charge in [-0.1, -0.05) is 6.07 Å². The Hall–Kier alpha value is -1.40. The molecular formula is C13H19NO4S. The van der Waals surface area contributed by atoms with Gasteiger partial charge in [-0.2, -0.15) is 0 Å². The zero-order chi connectivity index (χ0) is 14.5. The minimum absolute atomic E-state index is 0.192. The number of thiophene rings is 1. The average Bonchev–Trinajstić information content (AvgIpc) is 2.89. The minimum atomic E-state index is -1.49. The first-order valence-electron chi connectivity index (χ1n) is 6.00. The maximum absolute atomic E-state index is 12.0. The zero-order valence-electron chi connectivity index (χ0n) is 11.3. The summed E-state index contributed by atoms with van der Waals surface area (Å²) in [5.41, 5.74) is 4.56. The summed E-state index contributed by atoms with van der Waals surface area (Å²) in [6, 6.07) is 3.11. The molecule has 106 valence electrons. The highest BCUT2D eigenvalue weighted by Crippen LogP contribution is 2.27. The minimum Gasteiger partial charge on any atom is -0.468 e. The number of nitrogens with two attached hydrogens (primary N) is 1. The summed E-state index contributed by atoms with van der Waals surface area (Å²) >= 11 is 1.53. The van der Waals surface area contributed by atoms with Crippen LogP contribution in [0.3, 0.4) is 0 Å². The van der Waals surface area contributed by atoms with Crippen LogP contribution in [-0.4, -0.2) is 31.7 Å². The van der Waals surface area contributed by atoms with Gasteiger partial charge in [-0.15, -0.1) is 11.3 Å². The first kappa shape index (κ1) is 15.7. The molecule has 2 N–H and O–H groups in total. The Morgan fingerprint density at radius 3 is 2.63 bits per heavy atom. The Morgan fingerprint density at radius 2 is 2.16 bits per heavy atom. The summed E-state index contributed by atoms with van der Waals surface area (Å²) in [5.74, 6) is -1.32. The molecule has 1 aromatic rings. The molecule has 0 aliphatic carbocycles. The van der Waals surface area contributed by atoms with Crippen LogP contribution >= 0.6 is 11.3 Å². The molecule has 5 nitrogen and oxygen atoms in total. The second-order valence-corrected chi connectivity index (χ2v) is 5.34. The molecular weight excluding hydrogens is 266 g/mol. The number of hydrogen-bond acceptors (Lipinski definition) is 6. The third kappa shape index (κ3) is 3.33. The molecule has 0 aromatic carbocycles. The second-order valence-electron chi connectivity index (χ2n) is 4.30. The molecule has 0 bridgehead atoms. The number of methoxy groups -OCH3 is 1. The van der Waals surface area contributed by atoms with Gasteiger partial charge in [0, 0.05) is 10.9 Å². The van der Waals surface area contributed by atoms with Gasteiger partial charge in [0.05, 0.1) is 13.7 Å². The van der Waals surface area contributed by atoms with Crippen LogP contribution in [0.5, 0.6) is 0 Å². The molecule has 1 aromatic heterocycles. The van der Waals surface area contributed by atoms with Crippen molar-refractivity contribution >= 4 is 23.3 Å². The molecule has 0 aliphatic heterocycles. The summed E-state index contributed by atoms with van der Waals surface area (Å²) < 4.78 is 9.66. The first-order valence-corrected chi connectivity index (χ1v) is 6.88. The fourth-order valence-electron chi connectivity index (χ4n) is 1.73. The fourth-order valence-corrected chi connectivity index (χ4v) is 2.49. The van der Waals surface area contributed by atoms with Crippen LogP contribution in [0.25, 0.3) is 0 Å². The average molecular weight is 285 g/mol. The van der Waals surface area contributed by atoms with Crippen molar-refractivity contribution < 1.29 is 19.1 Å². The van der Waals surface area contributed by atoms with Crippen LogP contribution in [0, 0.1) is 5.41 Å². The molecule has 0 spiro atoms. The van der Waals surface area contributed by atoms with E-state index in [4.69, 9.17) is 15.2 Å². The van der Waals surface area contributed by atoms with Gasteiger partial charge >= 0.3 is 11.9 Å². The van der Waals surface area contributed by atoms with Gasteiger partial charge in [0.15, 0.2) is 5.41 Å². The quantitative estimate of drug-likeness (QED) is 0.630. The number of carbonyl (C=O) groups excluding carboxylic acids is 2. The van der Waals surface area contributed by atoms with Gasteiger partial charge in [-0.05, 0) is 31.7 Å². The van der Waals surface area contributed by atoms with Crippen molar-refractivity contribution in [3.63, 3.8) is 0 Å². The van der Waals surface area contributed by atoms with Crippen LogP contribution in [-0.2, 0) is 25.5 Å². The van der Waals surface area contributed by atoms with Gasteiger partial charge in [0.1, 0.15) is 0 Å².